The summed E-state index contributed by atoms with van der Waals surface area (Å²) in [6.07, 6.45) is 4.85. The molecule has 1 aromatic carbocycles. The minimum absolute atomic E-state index is 0.140. The van der Waals surface area contributed by atoms with E-state index in [2.05, 4.69) is 28.4 Å². The first-order valence-electron chi connectivity index (χ1n) is 6.42. The Labute approximate surface area is 128 Å². The van der Waals surface area contributed by atoms with Crippen LogP contribution in [0.2, 0.25) is 0 Å². The summed E-state index contributed by atoms with van der Waals surface area (Å²) in [5.74, 6) is -0.817. The van der Waals surface area contributed by atoms with Crippen molar-refractivity contribution in [1.29, 1.82) is 0 Å². The molecule has 6 heteroatoms. The van der Waals surface area contributed by atoms with Gasteiger partial charge in [-0.3, -0.25) is 4.99 Å². The molecule has 0 saturated heterocycles. The summed E-state index contributed by atoms with van der Waals surface area (Å²) in [5.41, 5.74) is 1.46. The number of hydrogen-bond donors (Lipinski definition) is 1. The molecule has 1 N–H and O–H groups in total. The summed E-state index contributed by atoms with van der Waals surface area (Å²) in [7, 11) is 0. The second-order valence-corrected chi connectivity index (χ2v) is 4.06. The Kier molecular flexibility index (Phi) is 6.98. The van der Waals surface area contributed by atoms with Gasteiger partial charge in [0.25, 0.3) is 0 Å². The van der Waals surface area contributed by atoms with Crippen LogP contribution in [-0.2, 0) is 4.84 Å². The molecule has 22 heavy (non-hydrogen) atoms. The number of amidine groups is 1. The van der Waals surface area contributed by atoms with Gasteiger partial charge in [0.2, 0.25) is 0 Å². The third-order valence-electron chi connectivity index (χ3n) is 2.62. The monoisotopic (exact) mass is 299 g/mol. The number of allylic oxidation sites excluding steroid dienone is 1. The Morgan fingerprint density at radius 3 is 2.73 bits per heavy atom. The van der Waals surface area contributed by atoms with Gasteiger partial charge in [-0.1, -0.05) is 29.9 Å². The molecule has 0 heterocycles. The smallest absolute Gasteiger partial charge is 0.335 e. The van der Waals surface area contributed by atoms with E-state index in [-0.39, 0.29) is 18.0 Å². The Bertz CT molecular complexity index is 646. The highest BCUT2D eigenvalue weighted by Crippen LogP contribution is 2.08. The molecule has 0 saturated carbocycles. The zero-order valence-corrected chi connectivity index (χ0v) is 12.3. The van der Waals surface area contributed by atoms with E-state index in [1.807, 2.05) is 13.0 Å². The van der Waals surface area contributed by atoms with Crippen LogP contribution >= 0.6 is 0 Å². The standard InChI is InChI=1S/C16H17N3O3/c1-4-12(10-18-5-2)11-22-19-15(17-3)13-7-6-8-14(9-13)16(20)21/h4-10H,2-3,11H2,1H3,(H,20,21)/b12-4+,18-10?,19-15-. The first-order chi connectivity index (χ1) is 10.6. The third kappa shape index (κ3) is 5.16. The van der Waals surface area contributed by atoms with Crippen molar-refractivity contribution in [2.45, 2.75) is 6.92 Å². The number of carboxylic acids is 1. The van der Waals surface area contributed by atoms with Gasteiger partial charge >= 0.3 is 5.97 Å². The minimum atomic E-state index is -1.02. The van der Waals surface area contributed by atoms with Crippen LogP contribution in [0.3, 0.4) is 0 Å². The van der Waals surface area contributed by atoms with E-state index in [1.165, 1.54) is 18.3 Å². The lowest BCUT2D eigenvalue weighted by Gasteiger charge is -2.04. The van der Waals surface area contributed by atoms with Gasteiger partial charge in [0.05, 0.1) is 5.56 Å². The van der Waals surface area contributed by atoms with Crippen LogP contribution in [0.4, 0.5) is 0 Å². The van der Waals surface area contributed by atoms with Gasteiger partial charge in [0, 0.05) is 23.6 Å². The predicted molar refractivity (Wildman–Crippen MR) is 87.9 cm³/mol. The molecule has 0 radical (unpaired) electrons. The largest absolute Gasteiger partial charge is 0.478 e. The van der Waals surface area contributed by atoms with E-state index in [0.29, 0.717) is 5.56 Å². The average Bonchev–Trinajstić information content (AvgIpc) is 2.54. The maximum absolute atomic E-state index is 11.0. The maximum Gasteiger partial charge on any atom is 0.335 e. The van der Waals surface area contributed by atoms with Gasteiger partial charge in [-0.05, 0) is 25.8 Å². The highest BCUT2D eigenvalue weighted by Gasteiger charge is 2.07. The number of carbonyl (C=O) groups is 1. The number of rotatable bonds is 7. The normalized spacial score (nSPS) is 12.2. The molecule has 0 atom stereocenters. The summed E-state index contributed by atoms with van der Waals surface area (Å²) in [4.78, 5) is 23.8. The molecule has 0 spiro atoms. The first kappa shape index (κ1) is 17.0. The number of hydrogen-bond acceptors (Lipinski definition) is 4. The van der Waals surface area contributed by atoms with Crippen LogP contribution in [-0.4, -0.2) is 36.5 Å². The van der Waals surface area contributed by atoms with Crippen molar-refractivity contribution >= 4 is 24.7 Å². The highest BCUT2D eigenvalue weighted by atomic mass is 16.6. The van der Waals surface area contributed by atoms with Gasteiger partial charge < -0.3 is 9.94 Å². The number of oxime groups is 1. The Morgan fingerprint density at radius 1 is 1.41 bits per heavy atom. The quantitative estimate of drug-likeness (QED) is 0.477. The molecule has 0 fully saturated rings. The van der Waals surface area contributed by atoms with Crippen LogP contribution in [0.1, 0.15) is 22.8 Å². The number of nitrogens with zero attached hydrogens (tertiary/aromatic N) is 3. The number of aromatic carboxylic acids is 1. The molecule has 0 aliphatic carbocycles. The van der Waals surface area contributed by atoms with Gasteiger partial charge in [-0.25, -0.2) is 9.79 Å². The van der Waals surface area contributed by atoms with E-state index < -0.39 is 5.97 Å². The van der Waals surface area contributed by atoms with E-state index in [9.17, 15) is 4.79 Å². The Balaban J connectivity index is 2.85. The molecule has 1 rings (SSSR count). The molecule has 0 unspecified atom stereocenters. The molecule has 1 aromatic rings. The predicted octanol–water partition coefficient (Wildman–Crippen LogP) is 2.92. The van der Waals surface area contributed by atoms with Crippen molar-refractivity contribution in [1.82, 2.24) is 0 Å². The molecular formula is C16H17N3O3. The van der Waals surface area contributed by atoms with Crippen molar-refractivity contribution < 1.29 is 14.7 Å². The van der Waals surface area contributed by atoms with Gasteiger partial charge in [-0.2, -0.15) is 0 Å². The fraction of sp³-hybridized carbons (Fsp3) is 0.125. The van der Waals surface area contributed by atoms with Crippen molar-refractivity contribution in [3.8, 4) is 0 Å². The third-order valence-corrected chi connectivity index (χ3v) is 2.62. The molecule has 0 amide bonds. The number of aliphatic imine (C=N–C) groups is 2. The fourth-order valence-corrected chi connectivity index (χ4v) is 1.48. The van der Waals surface area contributed by atoms with Gasteiger partial charge in [0.1, 0.15) is 6.61 Å². The lowest BCUT2D eigenvalue weighted by atomic mass is 10.1. The summed E-state index contributed by atoms with van der Waals surface area (Å²) in [6.45, 7) is 8.95. The van der Waals surface area contributed by atoms with E-state index >= 15 is 0 Å². The van der Waals surface area contributed by atoms with Crippen LogP contribution < -0.4 is 0 Å². The van der Waals surface area contributed by atoms with Crippen LogP contribution in [0.5, 0.6) is 0 Å². The van der Waals surface area contributed by atoms with Crippen LogP contribution in [0.25, 0.3) is 0 Å². The van der Waals surface area contributed by atoms with Crippen LogP contribution in [0, 0.1) is 0 Å². The number of carboxylic acid groups (broad SMARTS) is 1. The van der Waals surface area contributed by atoms with Crippen molar-refractivity contribution in [2.75, 3.05) is 6.61 Å². The molecule has 0 aromatic heterocycles. The lowest BCUT2D eigenvalue weighted by Crippen LogP contribution is -2.03. The highest BCUT2D eigenvalue weighted by molar-refractivity contribution is 6.02. The van der Waals surface area contributed by atoms with Gasteiger partial charge in [-0.15, -0.1) is 0 Å². The molecule has 0 bridgehead atoms. The average molecular weight is 299 g/mol. The van der Waals surface area contributed by atoms with Crippen molar-refractivity contribution in [3.05, 3.63) is 59.8 Å². The molecule has 6 nitrogen and oxygen atoms in total. The van der Waals surface area contributed by atoms with Gasteiger partial charge in [0.15, 0.2) is 5.84 Å². The SMILES string of the molecule is C=CN=C/C(=C\C)CO/N=C(\N=C)c1cccc(C(=O)O)c1. The molecule has 114 valence electrons. The Hall–Kier alpha value is -3.02. The molecular weight excluding hydrogens is 282 g/mol. The maximum atomic E-state index is 11.0. The summed E-state index contributed by atoms with van der Waals surface area (Å²) >= 11 is 0. The second kappa shape index (κ2) is 9.02. The van der Waals surface area contributed by atoms with E-state index in [1.54, 1.807) is 18.3 Å². The zero-order valence-electron chi connectivity index (χ0n) is 12.3. The Morgan fingerprint density at radius 2 is 2.14 bits per heavy atom. The first-order valence-corrected chi connectivity index (χ1v) is 6.42. The zero-order chi connectivity index (χ0) is 16.4. The van der Waals surface area contributed by atoms with E-state index in [4.69, 9.17) is 9.94 Å². The van der Waals surface area contributed by atoms with E-state index in [0.717, 1.165) is 5.57 Å². The summed E-state index contributed by atoms with van der Waals surface area (Å²) in [5, 5.41) is 12.9. The van der Waals surface area contributed by atoms with Crippen molar-refractivity contribution in [3.63, 3.8) is 0 Å². The molecule has 0 aliphatic rings. The summed E-state index contributed by atoms with van der Waals surface area (Å²) in [6, 6.07) is 6.22. The number of benzene rings is 1. The second-order valence-electron chi connectivity index (χ2n) is 4.06. The lowest BCUT2D eigenvalue weighted by molar-refractivity contribution is 0.0697. The van der Waals surface area contributed by atoms with Crippen molar-refractivity contribution in [2.24, 2.45) is 15.1 Å². The summed E-state index contributed by atoms with van der Waals surface area (Å²) < 4.78 is 0. The molecule has 0 aliphatic heterocycles. The topological polar surface area (TPSA) is 83.6 Å². The fourth-order valence-electron chi connectivity index (χ4n) is 1.48. The minimum Gasteiger partial charge on any atom is -0.478 e. The van der Waals surface area contributed by atoms with Crippen LogP contribution in [0.15, 0.2) is 63.8 Å².